The molecule has 0 radical (unpaired) electrons. The number of ether oxygens (including phenoxy) is 2. The molecule has 32 heavy (non-hydrogen) atoms. The molecular weight excluding hydrogens is 428 g/mol. The number of imide groups is 1. The van der Waals surface area contributed by atoms with Crippen LogP contribution < -0.4 is 10.6 Å². The molecular formula is C18H28N6O8. The molecule has 1 unspecified atom stereocenters. The molecule has 2 atom stereocenters. The summed E-state index contributed by atoms with van der Waals surface area (Å²) in [6.45, 7) is 4.30. The number of azide groups is 1. The maximum absolute atomic E-state index is 12.6. The summed E-state index contributed by atoms with van der Waals surface area (Å²) < 4.78 is 10.4. The molecule has 1 heterocycles. The molecule has 1 rings (SSSR count). The molecule has 0 aromatic rings. The topological polar surface area (TPSA) is 200 Å². The van der Waals surface area contributed by atoms with Gasteiger partial charge in [0.15, 0.2) is 0 Å². The second-order valence-electron chi connectivity index (χ2n) is 7.13. The summed E-state index contributed by atoms with van der Waals surface area (Å²) in [5, 5.41) is 17.3. The van der Waals surface area contributed by atoms with Gasteiger partial charge in [-0.15, -0.1) is 0 Å². The molecule has 178 valence electrons. The van der Waals surface area contributed by atoms with Crippen LogP contribution in [0.4, 0.5) is 0 Å². The standard InChI is InChI=1S/C18H28N6O8/c1-11(2)15(21-12(25)5-7-31-9-10-32-8-6-20-23-19)17(28)22-16(18(29)30)24-13(26)3-4-14(24)27/h11,15-16H,3-10H2,1-2H3,(H,21,25)(H,22,28)(H,29,30)/t15?,16-/m0/s1. The highest BCUT2D eigenvalue weighted by Gasteiger charge is 2.41. The zero-order valence-corrected chi connectivity index (χ0v) is 18.0. The Morgan fingerprint density at radius 2 is 1.69 bits per heavy atom. The molecule has 14 heteroatoms. The molecule has 14 nitrogen and oxygen atoms in total. The van der Waals surface area contributed by atoms with Gasteiger partial charge in [-0.1, -0.05) is 19.0 Å². The lowest BCUT2D eigenvalue weighted by molar-refractivity contribution is -0.157. The van der Waals surface area contributed by atoms with Crippen molar-refractivity contribution < 1.29 is 38.6 Å². The van der Waals surface area contributed by atoms with Crippen molar-refractivity contribution >= 4 is 29.6 Å². The van der Waals surface area contributed by atoms with Gasteiger partial charge in [-0.25, -0.2) is 4.79 Å². The summed E-state index contributed by atoms with van der Waals surface area (Å²) in [5.74, 6) is -4.67. The fraction of sp³-hybridized carbons (Fsp3) is 0.722. The largest absolute Gasteiger partial charge is 0.478 e. The van der Waals surface area contributed by atoms with Crippen molar-refractivity contribution in [2.75, 3.05) is 33.0 Å². The van der Waals surface area contributed by atoms with Gasteiger partial charge in [0, 0.05) is 30.7 Å². The SMILES string of the molecule is CC(C)C(NC(=O)CCOCCOCCN=[N+]=[N-])C(=O)N[C@H](C(=O)O)N1C(=O)CCC1=O. The Morgan fingerprint density at radius 1 is 1.09 bits per heavy atom. The van der Waals surface area contributed by atoms with Crippen LogP contribution in [-0.2, 0) is 33.4 Å². The number of hydrogen-bond acceptors (Lipinski definition) is 8. The van der Waals surface area contributed by atoms with Crippen LogP contribution in [0.1, 0.15) is 33.1 Å². The van der Waals surface area contributed by atoms with Crippen molar-refractivity contribution in [2.24, 2.45) is 11.0 Å². The first-order chi connectivity index (χ1) is 15.2. The van der Waals surface area contributed by atoms with Gasteiger partial charge in [0.25, 0.3) is 0 Å². The summed E-state index contributed by atoms with van der Waals surface area (Å²) in [6, 6.07) is -1.08. The van der Waals surface area contributed by atoms with Crippen molar-refractivity contribution in [3.63, 3.8) is 0 Å². The monoisotopic (exact) mass is 456 g/mol. The van der Waals surface area contributed by atoms with Crippen LogP contribution in [0.5, 0.6) is 0 Å². The van der Waals surface area contributed by atoms with Crippen LogP contribution in [0, 0.1) is 5.92 Å². The third-order valence-corrected chi connectivity index (χ3v) is 4.37. The van der Waals surface area contributed by atoms with E-state index in [0.29, 0.717) is 4.90 Å². The molecule has 0 aromatic carbocycles. The Kier molecular flexibility index (Phi) is 11.7. The van der Waals surface area contributed by atoms with Gasteiger partial charge in [0.05, 0.1) is 26.4 Å². The first-order valence-electron chi connectivity index (χ1n) is 10.0. The van der Waals surface area contributed by atoms with Crippen molar-refractivity contribution in [1.82, 2.24) is 15.5 Å². The highest BCUT2D eigenvalue weighted by Crippen LogP contribution is 2.15. The van der Waals surface area contributed by atoms with Gasteiger partial charge in [0.1, 0.15) is 6.04 Å². The Hall–Kier alpha value is -3.22. The molecule has 0 bridgehead atoms. The minimum absolute atomic E-state index is 0.0549. The molecule has 0 saturated carbocycles. The van der Waals surface area contributed by atoms with Gasteiger partial charge in [-0.2, -0.15) is 0 Å². The van der Waals surface area contributed by atoms with Gasteiger partial charge in [0.2, 0.25) is 29.8 Å². The Morgan fingerprint density at radius 3 is 2.22 bits per heavy atom. The molecule has 1 fully saturated rings. The number of carbonyl (C=O) groups excluding carboxylic acids is 4. The van der Waals surface area contributed by atoms with E-state index in [0.717, 1.165) is 0 Å². The lowest BCUT2D eigenvalue weighted by atomic mass is 10.0. The molecule has 4 amide bonds. The minimum atomic E-state index is -1.84. The summed E-state index contributed by atoms with van der Waals surface area (Å²) in [4.78, 5) is 63.1. The number of amides is 4. The summed E-state index contributed by atoms with van der Waals surface area (Å²) in [6.07, 6.45) is -2.14. The highest BCUT2D eigenvalue weighted by atomic mass is 16.5. The third-order valence-electron chi connectivity index (χ3n) is 4.37. The average molecular weight is 456 g/mol. The van der Waals surface area contributed by atoms with E-state index in [4.69, 9.17) is 15.0 Å². The smallest absolute Gasteiger partial charge is 0.347 e. The number of rotatable bonds is 15. The average Bonchev–Trinajstić information content (AvgIpc) is 3.06. The lowest BCUT2D eigenvalue weighted by Crippen LogP contribution is -2.60. The molecule has 0 aliphatic carbocycles. The predicted molar refractivity (Wildman–Crippen MR) is 108 cm³/mol. The van der Waals surface area contributed by atoms with E-state index in [-0.39, 0.29) is 52.2 Å². The van der Waals surface area contributed by atoms with Crippen LogP contribution in [0.3, 0.4) is 0 Å². The van der Waals surface area contributed by atoms with Crippen LogP contribution in [0.15, 0.2) is 5.11 Å². The molecule has 1 saturated heterocycles. The summed E-state index contributed by atoms with van der Waals surface area (Å²) in [7, 11) is 0. The van der Waals surface area contributed by atoms with E-state index in [1.54, 1.807) is 13.8 Å². The number of aliphatic carboxylic acids is 1. The van der Waals surface area contributed by atoms with Crippen LogP contribution in [0.2, 0.25) is 0 Å². The van der Waals surface area contributed by atoms with Gasteiger partial charge < -0.3 is 25.2 Å². The molecule has 3 N–H and O–H groups in total. The fourth-order valence-corrected chi connectivity index (χ4v) is 2.76. The van der Waals surface area contributed by atoms with Crippen LogP contribution in [-0.4, -0.2) is 84.8 Å². The van der Waals surface area contributed by atoms with Crippen LogP contribution in [0.25, 0.3) is 10.4 Å². The third kappa shape index (κ3) is 8.88. The minimum Gasteiger partial charge on any atom is -0.478 e. The molecule has 0 spiro atoms. The van der Waals surface area contributed by atoms with Gasteiger partial charge in [-0.05, 0) is 11.4 Å². The van der Waals surface area contributed by atoms with Gasteiger partial charge in [-0.3, -0.25) is 24.1 Å². The second kappa shape index (κ2) is 14.0. The molecule has 1 aliphatic rings. The van der Waals surface area contributed by atoms with Crippen molar-refractivity contribution in [2.45, 2.75) is 45.3 Å². The van der Waals surface area contributed by atoms with E-state index in [1.807, 2.05) is 0 Å². The first-order valence-corrected chi connectivity index (χ1v) is 10.0. The van der Waals surface area contributed by atoms with Crippen molar-refractivity contribution in [1.29, 1.82) is 0 Å². The zero-order chi connectivity index (χ0) is 24.1. The summed E-state index contributed by atoms with van der Waals surface area (Å²) in [5.41, 5.74) is 8.12. The van der Waals surface area contributed by atoms with E-state index >= 15 is 0 Å². The Balaban J connectivity index is 2.50. The second-order valence-corrected chi connectivity index (χ2v) is 7.13. The fourth-order valence-electron chi connectivity index (χ4n) is 2.76. The number of carbonyl (C=O) groups is 5. The number of carboxylic acid groups (broad SMARTS) is 1. The maximum Gasteiger partial charge on any atom is 0.347 e. The highest BCUT2D eigenvalue weighted by molar-refractivity contribution is 6.05. The van der Waals surface area contributed by atoms with Crippen molar-refractivity contribution in [3.05, 3.63) is 10.4 Å². The summed E-state index contributed by atoms with van der Waals surface area (Å²) >= 11 is 0. The van der Waals surface area contributed by atoms with E-state index < -0.39 is 47.7 Å². The number of nitrogens with zero attached hydrogens (tertiary/aromatic N) is 4. The maximum atomic E-state index is 12.6. The zero-order valence-electron chi connectivity index (χ0n) is 18.0. The quantitative estimate of drug-likeness (QED) is 0.0965. The van der Waals surface area contributed by atoms with E-state index in [2.05, 4.69) is 20.7 Å². The number of carboxylic acids is 1. The van der Waals surface area contributed by atoms with Crippen molar-refractivity contribution in [3.8, 4) is 0 Å². The number of hydrogen-bond donors (Lipinski definition) is 3. The molecule has 0 aromatic heterocycles. The van der Waals surface area contributed by atoms with Crippen LogP contribution >= 0.6 is 0 Å². The Bertz CT molecular complexity index is 736. The lowest BCUT2D eigenvalue weighted by Gasteiger charge is -2.27. The predicted octanol–water partition coefficient (Wildman–Crippen LogP) is -0.463. The molecule has 1 aliphatic heterocycles. The first kappa shape index (κ1) is 26.8. The normalized spacial score (nSPS) is 15.3. The number of likely N-dealkylation sites (tertiary alicyclic amines) is 1. The van der Waals surface area contributed by atoms with E-state index in [9.17, 15) is 29.1 Å². The Labute approximate surface area is 184 Å². The number of nitrogens with one attached hydrogen (secondary N) is 2. The van der Waals surface area contributed by atoms with Gasteiger partial charge >= 0.3 is 5.97 Å². The van der Waals surface area contributed by atoms with E-state index in [1.165, 1.54) is 0 Å².